The second kappa shape index (κ2) is 12.5. The van der Waals surface area contributed by atoms with Gasteiger partial charge in [-0.2, -0.15) is 0 Å². The van der Waals surface area contributed by atoms with Gasteiger partial charge in [-0.05, 0) is 58.6 Å². The second-order valence-corrected chi connectivity index (χ2v) is 14.6. The summed E-state index contributed by atoms with van der Waals surface area (Å²) >= 11 is 0. The summed E-state index contributed by atoms with van der Waals surface area (Å²) in [6, 6.07) is 55.5. The number of benzene rings is 7. The summed E-state index contributed by atoms with van der Waals surface area (Å²) in [6.45, 7) is 4.66. The van der Waals surface area contributed by atoms with E-state index in [1.54, 1.807) is 0 Å². The molecular weight excluding hydrogens is 661 g/mol. The van der Waals surface area contributed by atoms with Crippen LogP contribution in [0.2, 0.25) is 0 Å². The molecule has 2 heterocycles. The van der Waals surface area contributed by atoms with Crippen LogP contribution in [0.15, 0.2) is 172 Å². The van der Waals surface area contributed by atoms with Crippen LogP contribution in [-0.2, 0) is 5.41 Å². The topological polar surface area (TPSA) is 54.8 Å². The Labute approximate surface area is 313 Å². The summed E-state index contributed by atoms with van der Waals surface area (Å²) in [7, 11) is 1.95. The van der Waals surface area contributed by atoms with Crippen molar-refractivity contribution < 1.29 is 4.42 Å². The number of nitrogens with zero attached hydrogens (tertiary/aromatic N) is 3. The van der Waals surface area contributed by atoms with Gasteiger partial charge in [-0.3, -0.25) is 9.88 Å². The summed E-state index contributed by atoms with van der Waals surface area (Å²) in [5.41, 5.74) is 13.0. The van der Waals surface area contributed by atoms with E-state index in [0.717, 1.165) is 60.6 Å². The Bertz CT molecular complexity index is 2960. The van der Waals surface area contributed by atoms with Gasteiger partial charge < -0.3 is 4.42 Å². The SMILES string of the molecule is CNC(N=C(N=Cc1cccc(-c2ccccc2)c1)n1c2ccccc2c2ccc3c(c21)-c1ccccc1C3(C)C)c1cccc2c1oc1ccccc12. The van der Waals surface area contributed by atoms with E-state index in [1.165, 1.54) is 27.6 Å². The van der Waals surface area contributed by atoms with Crippen molar-refractivity contribution in [1.82, 2.24) is 9.88 Å². The highest BCUT2D eigenvalue weighted by atomic mass is 16.3. The van der Waals surface area contributed by atoms with Gasteiger partial charge >= 0.3 is 0 Å². The Kier molecular flexibility index (Phi) is 7.46. The van der Waals surface area contributed by atoms with E-state index in [2.05, 4.69) is 163 Å². The molecule has 0 aliphatic heterocycles. The van der Waals surface area contributed by atoms with E-state index in [-0.39, 0.29) is 5.41 Å². The Morgan fingerprint density at radius 1 is 0.667 bits per heavy atom. The molecule has 9 aromatic rings. The van der Waals surface area contributed by atoms with Gasteiger partial charge in [0.05, 0.1) is 11.0 Å². The zero-order valence-corrected chi connectivity index (χ0v) is 30.4. The van der Waals surface area contributed by atoms with Crippen molar-refractivity contribution >= 4 is 55.9 Å². The summed E-state index contributed by atoms with van der Waals surface area (Å²) in [5, 5.41) is 8.00. The van der Waals surface area contributed by atoms with Crippen LogP contribution in [-0.4, -0.2) is 23.8 Å². The average molecular weight is 699 g/mol. The number of rotatable bonds is 5. The number of aromatic nitrogens is 1. The summed E-state index contributed by atoms with van der Waals surface area (Å²) in [4.78, 5) is 10.9. The zero-order valence-electron chi connectivity index (χ0n) is 30.4. The van der Waals surface area contributed by atoms with Gasteiger partial charge in [0, 0.05) is 44.3 Å². The molecule has 2 aromatic heterocycles. The first-order chi connectivity index (χ1) is 26.5. The Hall–Kier alpha value is -6.56. The van der Waals surface area contributed by atoms with Crippen molar-refractivity contribution in [2.45, 2.75) is 25.4 Å². The van der Waals surface area contributed by atoms with Crippen LogP contribution in [0.25, 0.3) is 66.0 Å². The number of furan rings is 1. The number of para-hydroxylation sites is 3. The molecule has 7 aromatic carbocycles. The van der Waals surface area contributed by atoms with Crippen molar-refractivity contribution in [2.24, 2.45) is 9.98 Å². The van der Waals surface area contributed by atoms with E-state index in [0.29, 0.717) is 5.96 Å². The molecule has 54 heavy (non-hydrogen) atoms. The van der Waals surface area contributed by atoms with Gasteiger partial charge in [0.1, 0.15) is 17.3 Å². The number of hydrogen-bond acceptors (Lipinski definition) is 3. The van der Waals surface area contributed by atoms with E-state index in [4.69, 9.17) is 14.4 Å². The van der Waals surface area contributed by atoms with Crippen LogP contribution < -0.4 is 5.32 Å². The van der Waals surface area contributed by atoms with Crippen LogP contribution in [0, 0.1) is 0 Å². The molecule has 5 heteroatoms. The molecule has 1 unspecified atom stereocenters. The molecule has 0 radical (unpaired) electrons. The molecule has 0 saturated heterocycles. The largest absolute Gasteiger partial charge is 0.456 e. The summed E-state index contributed by atoms with van der Waals surface area (Å²) in [6.07, 6.45) is 1.48. The molecule has 0 amide bonds. The smallest absolute Gasteiger partial charge is 0.231 e. The third kappa shape index (κ3) is 4.97. The summed E-state index contributed by atoms with van der Waals surface area (Å²) < 4.78 is 8.81. The maximum atomic E-state index is 6.53. The first-order valence-corrected chi connectivity index (χ1v) is 18.5. The fraction of sp³-hybridized carbons (Fsp3) is 0.102. The maximum Gasteiger partial charge on any atom is 0.231 e. The minimum Gasteiger partial charge on any atom is -0.456 e. The van der Waals surface area contributed by atoms with Crippen LogP contribution in [0.3, 0.4) is 0 Å². The van der Waals surface area contributed by atoms with Crippen molar-refractivity contribution in [3.05, 3.63) is 180 Å². The monoisotopic (exact) mass is 698 g/mol. The van der Waals surface area contributed by atoms with E-state index in [1.807, 2.05) is 31.5 Å². The van der Waals surface area contributed by atoms with Crippen molar-refractivity contribution in [1.29, 1.82) is 0 Å². The predicted octanol–water partition coefficient (Wildman–Crippen LogP) is 11.9. The fourth-order valence-corrected chi connectivity index (χ4v) is 8.55. The molecule has 1 aliphatic rings. The first-order valence-electron chi connectivity index (χ1n) is 18.5. The molecule has 0 saturated carbocycles. The minimum absolute atomic E-state index is 0.162. The molecule has 1 atom stereocenters. The second-order valence-electron chi connectivity index (χ2n) is 14.6. The number of fused-ring (bicyclic) bond motifs is 10. The number of aliphatic imine (C=N–C) groups is 2. The lowest BCUT2D eigenvalue weighted by Crippen LogP contribution is -2.20. The Morgan fingerprint density at radius 2 is 1.39 bits per heavy atom. The van der Waals surface area contributed by atoms with Gasteiger partial charge in [0.15, 0.2) is 0 Å². The molecule has 1 aliphatic carbocycles. The molecule has 1 N–H and O–H groups in total. The van der Waals surface area contributed by atoms with Gasteiger partial charge in [-0.15, -0.1) is 0 Å². The zero-order chi connectivity index (χ0) is 36.4. The van der Waals surface area contributed by atoms with Gasteiger partial charge in [-0.25, -0.2) is 9.98 Å². The lowest BCUT2D eigenvalue weighted by molar-refractivity contribution is 0.600. The quantitative estimate of drug-likeness (QED) is 0.144. The summed E-state index contributed by atoms with van der Waals surface area (Å²) in [5.74, 6) is 0.578. The molecule has 0 fully saturated rings. The van der Waals surface area contributed by atoms with Crippen LogP contribution in [0.1, 0.15) is 42.3 Å². The standard InChI is InChI=1S/C49H38N4O/c1-49(2)40-24-10-7-21-38(40)44-41(49)28-27-36-34-19-8-11-25-42(34)53(45(36)44)48(51-30-31-15-13-18-33(29-31)32-16-5-4-6-17-32)52-47(50-3)39-23-14-22-37-35-20-9-12-26-43(35)54-46(37)39/h4-30,47,50H,1-3H3. The minimum atomic E-state index is -0.464. The number of hydrogen-bond donors (Lipinski definition) is 1. The van der Waals surface area contributed by atoms with Crippen molar-refractivity contribution in [3.63, 3.8) is 0 Å². The fourth-order valence-electron chi connectivity index (χ4n) is 8.55. The maximum absolute atomic E-state index is 6.53. The van der Waals surface area contributed by atoms with Crippen LogP contribution in [0.5, 0.6) is 0 Å². The van der Waals surface area contributed by atoms with E-state index >= 15 is 0 Å². The third-order valence-corrected chi connectivity index (χ3v) is 11.1. The average Bonchev–Trinajstić information content (AvgIpc) is 3.84. The highest BCUT2D eigenvalue weighted by molar-refractivity contribution is 6.20. The molecule has 10 rings (SSSR count). The third-order valence-electron chi connectivity index (χ3n) is 11.1. The number of nitrogens with one attached hydrogen (secondary N) is 1. The molecule has 0 bridgehead atoms. The highest BCUT2D eigenvalue weighted by Gasteiger charge is 2.37. The van der Waals surface area contributed by atoms with Gasteiger partial charge in [-0.1, -0.05) is 153 Å². The van der Waals surface area contributed by atoms with Gasteiger partial charge in [0.25, 0.3) is 0 Å². The van der Waals surface area contributed by atoms with Crippen molar-refractivity contribution in [2.75, 3.05) is 7.05 Å². The first kappa shape index (κ1) is 32.1. The van der Waals surface area contributed by atoms with Gasteiger partial charge in [0.2, 0.25) is 5.96 Å². The molecule has 5 nitrogen and oxygen atoms in total. The Balaban J connectivity index is 1.25. The molecule has 260 valence electrons. The highest BCUT2D eigenvalue weighted by Crippen LogP contribution is 2.52. The Morgan fingerprint density at radius 3 is 2.26 bits per heavy atom. The van der Waals surface area contributed by atoms with Crippen LogP contribution in [0.4, 0.5) is 0 Å². The van der Waals surface area contributed by atoms with E-state index < -0.39 is 6.17 Å². The molecular formula is C49H38N4O. The van der Waals surface area contributed by atoms with Crippen molar-refractivity contribution in [3.8, 4) is 22.3 Å². The van der Waals surface area contributed by atoms with Crippen LogP contribution >= 0.6 is 0 Å². The lowest BCUT2D eigenvalue weighted by atomic mass is 9.82. The van der Waals surface area contributed by atoms with E-state index in [9.17, 15) is 0 Å². The predicted molar refractivity (Wildman–Crippen MR) is 225 cm³/mol. The lowest BCUT2D eigenvalue weighted by Gasteiger charge is -2.21. The molecule has 0 spiro atoms. The normalized spacial score (nSPS) is 14.4.